The van der Waals surface area contributed by atoms with Crippen molar-refractivity contribution < 1.29 is 0 Å². The minimum absolute atomic E-state index is 0.525. The van der Waals surface area contributed by atoms with Crippen LogP contribution in [0.1, 0.15) is 17.4 Å². The Hall–Kier alpha value is -1.16. The highest BCUT2D eigenvalue weighted by Crippen LogP contribution is 2.27. The van der Waals surface area contributed by atoms with Crippen molar-refractivity contribution >= 4 is 32.8 Å². The lowest BCUT2D eigenvalue weighted by Gasteiger charge is -2.17. The first-order valence-electron chi connectivity index (χ1n) is 7.07. The zero-order valence-corrected chi connectivity index (χ0v) is 13.3. The van der Waals surface area contributed by atoms with Crippen LogP contribution < -0.4 is 5.32 Å². The maximum Gasteiger partial charge on any atom is 0.0345 e. The van der Waals surface area contributed by atoms with E-state index >= 15 is 0 Å². The fourth-order valence-electron chi connectivity index (χ4n) is 2.63. The molecule has 0 spiro atoms. The molecule has 1 aromatic carbocycles. The molecule has 0 amide bonds. The largest absolute Gasteiger partial charge is 0.314 e. The van der Waals surface area contributed by atoms with E-state index in [0.717, 1.165) is 19.4 Å². The standard InChI is InChI=1S/C17H19NS2/c1-2-18-14(11-15-6-5-9-19-15)10-13-12-20-17-8-4-3-7-16(13)17/h3-9,12,14,18H,2,10-11H2,1H3. The quantitative estimate of drug-likeness (QED) is 0.694. The van der Waals surface area contributed by atoms with Gasteiger partial charge in [-0.05, 0) is 53.2 Å². The minimum atomic E-state index is 0.525. The average Bonchev–Trinajstić information content (AvgIpc) is 3.10. The Morgan fingerprint density at radius 3 is 2.75 bits per heavy atom. The average molecular weight is 301 g/mol. The van der Waals surface area contributed by atoms with Gasteiger partial charge in [0.25, 0.3) is 0 Å². The Bertz CT molecular complexity index is 655. The SMILES string of the molecule is CCNC(Cc1cccs1)Cc1csc2ccccc12. The number of benzene rings is 1. The Balaban J connectivity index is 1.78. The summed E-state index contributed by atoms with van der Waals surface area (Å²) in [4.78, 5) is 1.47. The van der Waals surface area contributed by atoms with Crippen LogP contribution in [0.2, 0.25) is 0 Å². The lowest BCUT2D eigenvalue weighted by Crippen LogP contribution is -2.32. The molecule has 3 aromatic rings. The molecule has 0 aliphatic carbocycles. The van der Waals surface area contributed by atoms with Gasteiger partial charge in [0.2, 0.25) is 0 Å². The summed E-state index contributed by atoms with van der Waals surface area (Å²) in [5, 5.41) is 9.55. The van der Waals surface area contributed by atoms with Crippen molar-refractivity contribution in [2.24, 2.45) is 0 Å². The van der Waals surface area contributed by atoms with Gasteiger partial charge in [-0.1, -0.05) is 31.2 Å². The molecule has 0 fully saturated rings. The van der Waals surface area contributed by atoms with Gasteiger partial charge in [-0.25, -0.2) is 0 Å². The second-order valence-electron chi connectivity index (χ2n) is 5.00. The highest BCUT2D eigenvalue weighted by atomic mass is 32.1. The fraction of sp³-hybridized carbons (Fsp3) is 0.294. The number of hydrogen-bond donors (Lipinski definition) is 1. The molecule has 1 atom stereocenters. The lowest BCUT2D eigenvalue weighted by molar-refractivity contribution is 0.526. The number of fused-ring (bicyclic) bond motifs is 1. The van der Waals surface area contributed by atoms with Gasteiger partial charge in [0.1, 0.15) is 0 Å². The molecule has 1 unspecified atom stereocenters. The second-order valence-corrected chi connectivity index (χ2v) is 6.94. The predicted octanol–water partition coefficient (Wildman–Crippen LogP) is 4.73. The first kappa shape index (κ1) is 13.8. The van der Waals surface area contributed by atoms with Crippen molar-refractivity contribution in [1.29, 1.82) is 0 Å². The zero-order valence-electron chi connectivity index (χ0n) is 11.6. The van der Waals surface area contributed by atoms with Crippen molar-refractivity contribution in [3.8, 4) is 0 Å². The van der Waals surface area contributed by atoms with Gasteiger partial charge in [0.05, 0.1) is 0 Å². The van der Waals surface area contributed by atoms with Gasteiger partial charge < -0.3 is 5.32 Å². The van der Waals surface area contributed by atoms with E-state index in [1.54, 1.807) is 0 Å². The highest BCUT2D eigenvalue weighted by molar-refractivity contribution is 7.17. The Labute approximate surface area is 128 Å². The predicted molar refractivity (Wildman–Crippen MR) is 91.0 cm³/mol. The minimum Gasteiger partial charge on any atom is -0.314 e. The number of likely N-dealkylation sites (N-methyl/N-ethyl adjacent to an activating group) is 1. The number of hydrogen-bond acceptors (Lipinski definition) is 3. The Morgan fingerprint density at radius 1 is 1.05 bits per heavy atom. The Morgan fingerprint density at radius 2 is 1.95 bits per heavy atom. The van der Waals surface area contributed by atoms with Crippen LogP contribution in [-0.2, 0) is 12.8 Å². The van der Waals surface area contributed by atoms with E-state index in [4.69, 9.17) is 0 Å². The molecule has 0 saturated carbocycles. The molecule has 0 bridgehead atoms. The summed E-state index contributed by atoms with van der Waals surface area (Å²) >= 11 is 3.71. The number of nitrogens with one attached hydrogen (secondary N) is 1. The van der Waals surface area contributed by atoms with Gasteiger partial charge in [-0.3, -0.25) is 0 Å². The monoisotopic (exact) mass is 301 g/mol. The smallest absolute Gasteiger partial charge is 0.0345 e. The first-order chi connectivity index (χ1) is 9.86. The molecule has 0 radical (unpaired) electrons. The molecule has 2 heterocycles. The maximum atomic E-state index is 3.64. The summed E-state index contributed by atoms with van der Waals surface area (Å²) in [5.74, 6) is 0. The molecule has 0 aliphatic rings. The van der Waals surface area contributed by atoms with Crippen LogP contribution >= 0.6 is 22.7 Å². The van der Waals surface area contributed by atoms with Crippen LogP contribution in [0.3, 0.4) is 0 Å². The van der Waals surface area contributed by atoms with Gasteiger partial charge in [0.15, 0.2) is 0 Å². The summed E-state index contributed by atoms with van der Waals surface area (Å²) in [6, 6.07) is 13.6. The number of thiophene rings is 2. The van der Waals surface area contributed by atoms with E-state index in [2.05, 4.69) is 59.4 Å². The van der Waals surface area contributed by atoms with E-state index in [-0.39, 0.29) is 0 Å². The van der Waals surface area contributed by atoms with E-state index in [1.807, 2.05) is 22.7 Å². The van der Waals surface area contributed by atoms with Gasteiger partial charge in [-0.15, -0.1) is 22.7 Å². The molecular weight excluding hydrogens is 282 g/mol. The molecule has 0 saturated heterocycles. The van der Waals surface area contributed by atoms with E-state index < -0.39 is 0 Å². The Kier molecular flexibility index (Phi) is 4.51. The van der Waals surface area contributed by atoms with Crippen LogP contribution in [0.15, 0.2) is 47.2 Å². The normalized spacial score (nSPS) is 12.8. The second kappa shape index (κ2) is 6.53. The van der Waals surface area contributed by atoms with Crippen LogP contribution in [0.4, 0.5) is 0 Å². The highest BCUT2D eigenvalue weighted by Gasteiger charge is 2.13. The van der Waals surface area contributed by atoms with E-state index in [9.17, 15) is 0 Å². The van der Waals surface area contributed by atoms with Crippen molar-refractivity contribution in [3.05, 3.63) is 57.6 Å². The molecule has 0 aliphatic heterocycles. The molecule has 3 heteroatoms. The van der Waals surface area contributed by atoms with Crippen LogP contribution in [-0.4, -0.2) is 12.6 Å². The number of rotatable bonds is 6. The summed E-state index contributed by atoms with van der Waals surface area (Å²) in [6.07, 6.45) is 2.23. The van der Waals surface area contributed by atoms with Gasteiger partial charge in [-0.2, -0.15) is 0 Å². The summed E-state index contributed by atoms with van der Waals surface area (Å²) in [6.45, 7) is 3.21. The molecule has 1 N–H and O–H groups in total. The van der Waals surface area contributed by atoms with Gasteiger partial charge in [0, 0.05) is 15.6 Å². The molecule has 20 heavy (non-hydrogen) atoms. The third kappa shape index (κ3) is 3.11. The topological polar surface area (TPSA) is 12.0 Å². The molecule has 1 nitrogen and oxygen atoms in total. The molecule has 104 valence electrons. The van der Waals surface area contributed by atoms with Crippen molar-refractivity contribution in [3.63, 3.8) is 0 Å². The van der Waals surface area contributed by atoms with Gasteiger partial charge >= 0.3 is 0 Å². The lowest BCUT2D eigenvalue weighted by atomic mass is 10.0. The van der Waals surface area contributed by atoms with Crippen LogP contribution in [0.5, 0.6) is 0 Å². The van der Waals surface area contributed by atoms with Crippen molar-refractivity contribution in [1.82, 2.24) is 5.32 Å². The van der Waals surface area contributed by atoms with Crippen LogP contribution in [0, 0.1) is 0 Å². The van der Waals surface area contributed by atoms with E-state index in [0.29, 0.717) is 6.04 Å². The maximum absolute atomic E-state index is 3.64. The summed E-state index contributed by atoms with van der Waals surface area (Å²) in [5.41, 5.74) is 1.48. The van der Waals surface area contributed by atoms with E-state index in [1.165, 1.54) is 20.5 Å². The summed E-state index contributed by atoms with van der Waals surface area (Å²) in [7, 11) is 0. The first-order valence-corrected chi connectivity index (χ1v) is 8.83. The fourth-order valence-corrected chi connectivity index (χ4v) is 4.40. The van der Waals surface area contributed by atoms with Crippen molar-refractivity contribution in [2.45, 2.75) is 25.8 Å². The molecule has 2 aromatic heterocycles. The third-order valence-corrected chi connectivity index (χ3v) is 5.46. The van der Waals surface area contributed by atoms with Crippen LogP contribution in [0.25, 0.3) is 10.1 Å². The zero-order chi connectivity index (χ0) is 13.8. The molecule has 3 rings (SSSR count). The molecular formula is C17H19NS2. The summed E-state index contributed by atoms with van der Waals surface area (Å²) < 4.78 is 1.40. The van der Waals surface area contributed by atoms with Crippen molar-refractivity contribution in [2.75, 3.05) is 6.54 Å². The third-order valence-electron chi connectivity index (χ3n) is 3.55.